The summed E-state index contributed by atoms with van der Waals surface area (Å²) >= 11 is 9.25. The van der Waals surface area contributed by atoms with E-state index in [1.54, 1.807) is 18.3 Å². The molecule has 0 atom stereocenters. The van der Waals surface area contributed by atoms with E-state index in [4.69, 9.17) is 11.6 Å². The van der Waals surface area contributed by atoms with Crippen molar-refractivity contribution in [3.8, 4) is 0 Å². The molecule has 1 aromatic carbocycles. The Balaban J connectivity index is 0.000000531. The normalized spacial score (nSPS) is 9.93. The molecule has 0 fully saturated rings. The molecule has 2 nitrogen and oxygen atoms in total. The Morgan fingerprint density at radius 3 is 2.73 bits per heavy atom. The third-order valence-corrected chi connectivity index (χ3v) is 3.07. The van der Waals surface area contributed by atoms with E-state index in [-0.39, 0.29) is 12.3 Å². The van der Waals surface area contributed by atoms with E-state index < -0.39 is 0 Å². The number of benzene rings is 1. The second kappa shape index (κ2) is 5.72. The predicted molar refractivity (Wildman–Crippen MR) is 67.9 cm³/mol. The molecule has 6 heteroatoms. The molecule has 2 aromatic rings. The van der Waals surface area contributed by atoms with Gasteiger partial charge in [0.2, 0.25) is 0 Å². The Kier molecular flexibility index (Phi) is 4.89. The fraction of sp³-hybridized carbons (Fsp3) is 0.222. The van der Waals surface area contributed by atoms with Crippen molar-refractivity contribution in [2.45, 2.75) is 13.8 Å². The monoisotopic (exact) mass is 310 g/mol. The molecule has 0 radical (unpaired) electrons. The van der Waals surface area contributed by atoms with Crippen molar-refractivity contribution in [1.29, 1.82) is 0 Å². The molecule has 2 rings (SSSR count). The van der Waals surface area contributed by atoms with Gasteiger partial charge in [0.05, 0.1) is 11.2 Å². The lowest BCUT2D eigenvalue weighted by Gasteiger charge is -1.98. The number of fused-ring (bicyclic) bond motifs is 1. The molecule has 0 amide bonds. The van der Waals surface area contributed by atoms with Crippen molar-refractivity contribution >= 4 is 50.8 Å². The molecule has 0 aliphatic carbocycles. The Hall–Kier alpha value is -0.260. The van der Waals surface area contributed by atoms with E-state index in [1.807, 2.05) is 13.8 Å². The van der Waals surface area contributed by atoms with Gasteiger partial charge in [-0.2, -0.15) is 9.19 Å². The van der Waals surface area contributed by atoms with Gasteiger partial charge in [0, 0.05) is 9.86 Å². The number of halogens is 3. The topological polar surface area (TPSA) is 17.8 Å². The summed E-state index contributed by atoms with van der Waals surface area (Å²) in [6.45, 7) is 4.00. The minimum absolute atomic E-state index is 0.0281. The lowest BCUT2D eigenvalue weighted by molar-refractivity contribution is 0.888. The van der Waals surface area contributed by atoms with Crippen LogP contribution >= 0.6 is 39.9 Å². The van der Waals surface area contributed by atoms with Crippen molar-refractivity contribution in [3.63, 3.8) is 0 Å². The molecule has 0 aliphatic heterocycles. The van der Waals surface area contributed by atoms with Crippen molar-refractivity contribution in [2.24, 2.45) is 0 Å². The van der Waals surface area contributed by atoms with Crippen LogP contribution in [0.15, 0.2) is 22.8 Å². The highest BCUT2D eigenvalue weighted by Gasteiger charge is 2.09. The molecule has 1 aromatic heterocycles. The van der Waals surface area contributed by atoms with Gasteiger partial charge >= 0.3 is 0 Å². The fourth-order valence-electron chi connectivity index (χ4n) is 1.09. The van der Waals surface area contributed by atoms with Gasteiger partial charge in [0.15, 0.2) is 12.3 Å². The van der Waals surface area contributed by atoms with E-state index in [0.717, 1.165) is 13.9 Å². The van der Waals surface area contributed by atoms with Crippen LogP contribution in [0.1, 0.15) is 13.8 Å². The quantitative estimate of drug-likeness (QED) is 0.748. The maximum absolute atomic E-state index is 12.3. The lowest BCUT2D eigenvalue weighted by atomic mass is 10.3. The van der Waals surface area contributed by atoms with E-state index in [2.05, 4.69) is 21.0 Å². The van der Waals surface area contributed by atoms with Crippen molar-refractivity contribution in [1.82, 2.24) is 9.19 Å². The van der Waals surface area contributed by atoms with E-state index >= 15 is 0 Å². The zero-order chi connectivity index (χ0) is 11.4. The number of nitrogens with zero attached hydrogens (tertiary/aromatic N) is 2. The molecule has 0 saturated carbocycles. The minimum Gasteiger partial charge on any atom is -0.175 e. The average molecular weight is 312 g/mol. The second-order valence-corrected chi connectivity index (χ2v) is 4.12. The molecule has 15 heavy (non-hydrogen) atoms. The standard InChI is InChI=1S/C7H3BrClFN2S.C2H6/c8-5-1-2-6(9)7-4(5)3-11-12(7)13-10;1-2/h1-3H;1-2H3. The Morgan fingerprint density at radius 2 is 2.13 bits per heavy atom. The number of aromatic nitrogens is 2. The van der Waals surface area contributed by atoms with E-state index in [1.165, 1.54) is 0 Å². The smallest absolute Gasteiger partial charge is 0.175 e. The highest BCUT2D eigenvalue weighted by molar-refractivity contribution is 9.10. The Bertz CT molecular complexity index is 461. The van der Waals surface area contributed by atoms with Gasteiger partial charge in [-0.1, -0.05) is 41.4 Å². The second-order valence-electron chi connectivity index (χ2n) is 2.38. The van der Waals surface area contributed by atoms with Crippen LogP contribution in [0.2, 0.25) is 5.02 Å². The Labute approximate surface area is 105 Å². The van der Waals surface area contributed by atoms with Gasteiger partial charge in [-0.05, 0) is 12.1 Å². The largest absolute Gasteiger partial charge is 0.188 e. The van der Waals surface area contributed by atoms with Gasteiger partial charge in [-0.15, -0.1) is 3.89 Å². The molecule has 0 spiro atoms. The summed E-state index contributed by atoms with van der Waals surface area (Å²) in [5, 5.41) is 5.12. The average Bonchev–Trinajstić information content (AvgIpc) is 2.71. The number of rotatable bonds is 1. The van der Waals surface area contributed by atoms with Crippen molar-refractivity contribution < 1.29 is 3.89 Å². The minimum atomic E-state index is 0.0281. The van der Waals surface area contributed by atoms with Gasteiger partial charge in [0.25, 0.3) is 0 Å². The van der Waals surface area contributed by atoms with Gasteiger partial charge in [-0.3, -0.25) is 0 Å². The summed E-state index contributed by atoms with van der Waals surface area (Å²) in [7, 11) is 0. The molecule has 0 unspecified atom stereocenters. The first-order valence-electron chi connectivity index (χ1n) is 4.35. The van der Waals surface area contributed by atoms with Crippen LogP contribution in [-0.2, 0) is 0 Å². The molecule has 0 saturated heterocycles. The summed E-state index contributed by atoms with van der Waals surface area (Å²) in [6.07, 6.45) is 1.57. The van der Waals surface area contributed by atoms with Crippen molar-refractivity contribution in [3.05, 3.63) is 27.8 Å². The van der Waals surface area contributed by atoms with Crippen LogP contribution < -0.4 is 0 Å². The van der Waals surface area contributed by atoms with Gasteiger partial charge in [-0.25, -0.2) is 0 Å². The zero-order valence-corrected chi connectivity index (χ0v) is 11.3. The third-order valence-electron chi connectivity index (χ3n) is 1.66. The highest BCUT2D eigenvalue weighted by Crippen LogP contribution is 2.31. The van der Waals surface area contributed by atoms with Crippen molar-refractivity contribution in [2.75, 3.05) is 0 Å². The maximum Gasteiger partial charge on any atom is 0.188 e. The first-order valence-corrected chi connectivity index (χ1v) is 6.19. The van der Waals surface area contributed by atoms with Crippen LogP contribution in [-0.4, -0.2) is 9.19 Å². The number of hydrogen-bond acceptors (Lipinski definition) is 2. The van der Waals surface area contributed by atoms with Gasteiger partial charge in [0.1, 0.15) is 5.52 Å². The molecular formula is C9H9BrClFN2S. The first kappa shape index (κ1) is 12.8. The molecule has 0 bridgehead atoms. The summed E-state index contributed by atoms with van der Waals surface area (Å²) in [6, 6.07) is 3.50. The predicted octanol–water partition coefficient (Wildman–Crippen LogP) is 4.86. The zero-order valence-electron chi connectivity index (χ0n) is 8.17. The molecular weight excluding hydrogens is 303 g/mol. The van der Waals surface area contributed by atoms with Gasteiger partial charge < -0.3 is 0 Å². The molecule has 82 valence electrons. The van der Waals surface area contributed by atoms with Crippen LogP contribution in [0.25, 0.3) is 10.9 Å². The third kappa shape index (κ3) is 2.46. The van der Waals surface area contributed by atoms with Crippen LogP contribution in [0.5, 0.6) is 0 Å². The summed E-state index contributed by atoms with van der Waals surface area (Å²) in [5.74, 6) is 0. The fourth-order valence-corrected chi connectivity index (χ4v) is 2.16. The maximum atomic E-state index is 12.3. The van der Waals surface area contributed by atoms with Crippen LogP contribution in [0, 0.1) is 0 Å². The van der Waals surface area contributed by atoms with Crippen LogP contribution in [0.3, 0.4) is 0 Å². The SMILES string of the molecule is CC.FSn1ncc2c(Br)ccc(Cl)c21. The van der Waals surface area contributed by atoms with E-state index in [9.17, 15) is 3.89 Å². The molecule has 0 aliphatic rings. The number of hydrogen-bond donors (Lipinski definition) is 0. The first-order chi connectivity index (χ1) is 7.24. The highest BCUT2D eigenvalue weighted by atomic mass is 79.9. The lowest BCUT2D eigenvalue weighted by Crippen LogP contribution is -1.85. The molecule has 0 N–H and O–H groups in total. The summed E-state index contributed by atoms with van der Waals surface area (Å²) < 4.78 is 14.3. The molecule has 1 heterocycles. The Morgan fingerprint density at radius 1 is 1.47 bits per heavy atom. The van der Waals surface area contributed by atoms with Crippen LogP contribution in [0.4, 0.5) is 3.89 Å². The summed E-state index contributed by atoms with van der Waals surface area (Å²) in [5.41, 5.74) is 0.587. The summed E-state index contributed by atoms with van der Waals surface area (Å²) in [4.78, 5) is 0. The van der Waals surface area contributed by atoms with E-state index in [0.29, 0.717) is 10.5 Å².